The Morgan fingerprint density at radius 3 is 2.63 bits per heavy atom. The van der Waals surface area contributed by atoms with Gasteiger partial charge in [-0.3, -0.25) is 9.59 Å². The van der Waals surface area contributed by atoms with Gasteiger partial charge < -0.3 is 20.1 Å². The van der Waals surface area contributed by atoms with E-state index in [1.54, 1.807) is 31.4 Å². The van der Waals surface area contributed by atoms with Crippen LogP contribution in [0.25, 0.3) is 6.08 Å². The van der Waals surface area contributed by atoms with Crippen molar-refractivity contribution in [2.45, 2.75) is 27.3 Å². The molecule has 6 nitrogen and oxygen atoms in total. The van der Waals surface area contributed by atoms with E-state index >= 15 is 0 Å². The summed E-state index contributed by atoms with van der Waals surface area (Å²) in [6.07, 6.45) is 3.08. The van der Waals surface area contributed by atoms with Gasteiger partial charge in [-0.15, -0.1) is 0 Å². The molecule has 0 bridgehead atoms. The van der Waals surface area contributed by atoms with E-state index in [9.17, 15) is 9.59 Å². The quantitative estimate of drug-likeness (QED) is 0.567. The van der Waals surface area contributed by atoms with E-state index in [2.05, 4.69) is 10.6 Å². The number of hydrogen-bond acceptors (Lipinski definition) is 4. The summed E-state index contributed by atoms with van der Waals surface area (Å²) < 4.78 is 11.1. The van der Waals surface area contributed by atoms with Gasteiger partial charge in [-0.2, -0.15) is 0 Å². The standard InChI is InChI=1S/C23H27ClN2O4/c1-15(2)14-30-23-20(24)11-17(12-21(23)29-4)8-9-22(28)25-13-18-6-5-7-19(10-18)26-16(3)27/h5-12,15H,13-14H2,1-4H3,(H,25,28)(H,26,27)/b9-8+. The Bertz CT molecular complexity index is 925. The van der Waals surface area contributed by atoms with Crippen molar-refractivity contribution < 1.29 is 19.1 Å². The molecule has 160 valence electrons. The number of methoxy groups -OCH3 is 1. The molecule has 0 saturated carbocycles. The third kappa shape index (κ3) is 7.44. The van der Waals surface area contributed by atoms with E-state index in [0.29, 0.717) is 41.3 Å². The van der Waals surface area contributed by atoms with Gasteiger partial charge in [0.1, 0.15) is 0 Å². The number of nitrogens with one attached hydrogen (secondary N) is 2. The molecule has 0 aliphatic rings. The van der Waals surface area contributed by atoms with E-state index in [-0.39, 0.29) is 11.8 Å². The SMILES string of the molecule is COc1cc(/C=C/C(=O)NCc2cccc(NC(C)=O)c2)cc(Cl)c1OCC(C)C. The molecule has 0 aliphatic heterocycles. The van der Waals surface area contributed by atoms with Crippen molar-refractivity contribution in [1.82, 2.24) is 5.32 Å². The molecule has 0 unspecified atom stereocenters. The van der Waals surface area contributed by atoms with E-state index in [1.165, 1.54) is 13.0 Å². The summed E-state index contributed by atoms with van der Waals surface area (Å²) in [7, 11) is 1.54. The Morgan fingerprint density at radius 2 is 1.97 bits per heavy atom. The lowest BCUT2D eigenvalue weighted by Crippen LogP contribution is -2.20. The summed E-state index contributed by atoms with van der Waals surface area (Å²) in [5, 5.41) is 5.95. The second-order valence-electron chi connectivity index (χ2n) is 7.17. The molecule has 2 N–H and O–H groups in total. The average molecular weight is 431 g/mol. The van der Waals surface area contributed by atoms with Crippen LogP contribution in [-0.2, 0) is 16.1 Å². The zero-order valence-electron chi connectivity index (χ0n) is 17.6. The first-order valence-electron chi connectivity index (χ1n) is 9.61. The number of amides is 2. The summed E-state index contributed by atoms with van der Waals surface area (Å²) >= 11 is 6.33. The number of halogens is 1. The van der Waals surface area contributed by atoms with Crippen LogP contribution >= 0.6 is 11.6 Å². The molecule has 0 aromatic heterocycles. The Kier molecular flexibility index (Phi) is 8.74. The maximum atomic E-state index is 12.2. The largest absolute Gasteiger partial charge is 0.493 e. The van der Waals surface area contributed by atoms with Crippen LogP contribution < -0.4 is 20.1 Å². The highest BCUT2D eigenvalue weighted by Gasteiger charge is 2.12. The molecule has 0 radical (unpaired) electrons. The van der Waals surface area contributed by atoms with Crippen molar-refractivity contribution in [2.24, 2.45) is 5.92 Å². The molecule has 0 spiro atoms. The number of benzene rings is 2. The Hall–Kier alpha value is -2.99. The fraction of sp³-hybridized carbons (Fsp3) is 0.304. The van der Waals surface area contributed by atoms with Crippen molar-refractivity contribution in [1.29, 1.82) is 0 Å². The molecule has 7 heteroatoms. The highest BCUT2D eigenvalue weighted by molar-refractivity contribution is 6.32. The molecule has 0 heterocycles. The topological polar surface area (TPSA) is 76.7 Å². The number of hydrogen-bond donors (Lipinski definition) is 2. The number of carbonyl (C=O) groups is 2. The first-order chi connectivity index (χ1) is 14.3. The molecule has 0 atom stereocenters. The van der Waals surface area contributed by atoms with Crippen LogP contribution in [0.5, 0.6) is 11.5 Å². The van der Waals surface area contributed by atoms with Crippen LogP contribution in [0.15, 0.2) is 42.5 Å². The average Bonchev–Trinajstić information content (AvgIpc) is 2.69. The van der Waals surface area contributed by atoms with Crippen molar-refractivity contribution in [3.8, 4) is 11.5 Å². The number of carbonyl (C=O) groups excluding carboxylic acids is 2. The van der Waals surface area contributed by atoms with Crippen LogP contribution in [0.2, 0.25) is 5.02 Å². The molecule has 2 rings (SSSR count). The highest BCUT2D eigenvalue weighted by Crippen LogP contribution is 2.37. The van der Waals surface area contributed by atoms with Crippen molar-refractivity contribution in [2.75, 3.05) is 19.0 Å². The van der Waals surface area contributed by atoms with Gasteiger partial charge in [0.2, 0.25) is 11.8 Å². The second-order valence-corrected chi connectivity index (χ2v) is 7.58. The highest BCUT2D eigenvalue weighted by atomic mass is 35.5. The lowest BCUT2D eigenvalue weighted by atomic mass is 10.1. The number of rotatable bonds is 9. The summed E-state index contributed by atoms with van der Waals surface area (Å²) in [5.74, 6) is 0.962. The summed E-state index contributed by atoms with van der Waals surface area (Å²) in [4.78, 5) is 23.3. The van der Waals surface area contributed by atoms with Gasteiger partial charge in [-0.25, -0.2) is 0 Å². The van der Waals surface area contributed by atoms with Crippen LogP contribution in [0.1, 0.15) is 31.9 Å². The Labute approximate surface area is 182 Å². The van der Waals surface area contributed by atoms with Gasteiger partial charge >= 0.3 is 0 Å². The van der Waals surface area contributed by atoms with Gasteiger partial charge in [-0.05, 0) is 47.4 Å². The monoisotopic (exact) mass is 430 g/mol. The van der Waals surface area contributed by atoms with Gasteiger partial charge in [0.05, 0.1) is 18.7 Å². The zero-order valence-corrected chi connectivity index (χ0v) is 18.4. The lowest BCUT2D eigenvalue weighted by molar-refractivity contribution is -0.116. The minimum absolute atomic E-state index is 0.145. The smallest absolute Gasteiger partial charge is 0.244 e. The zero-order chi connectivity index (χ0) is 22.1. The molecule has 2 amide bonds. The second kappa shape index (κ2) is 11.3. The van der Waals surface area contributed by atoms with E-state index in [1.807, 2.05) is 32.0 Å². The molecule has 0 fully saturated rings. The molecule has 0 saturated heterocycles. The van der Waals surface area contributed by atoms with Crippen molar-refractivity contribution in [3.05, 3.63) is 58.6 Å². The van der Waals surface area contributed by atoms with Gasteiger partial charge in [0.25, 0.3) is 0 Å². The summed E-state index contributed by atoms with van der Waals surface area (Å²) in [5.41, 5.74) is 2.28. The summed E-state index contributed by atoms with van der Waals surface area (Å²) in [6, 6.07) is 10.8. The van der Waals surface area contributed by atoms with Crippen LogP contribution in [0.4, 0.5) is 5.69 Å². The predicted octanol–water partition coefficient (Wildman–Crippen LogP) is 4.67. The molecule has 0 aliphatic carbocycles. The normalized spacial score (nSPS) is 10.9. The fourth-order valence-corrected chi connectivity index (χ4v) is 2.88. The van der Waals surface area contributed by atoms with Gasteiger partial charge in [-0.1, -0.05) is 37.6 Å². The molecule has 2 aromatic carbocycles. The molecule has 30 heavy (non-hydrogen) atoms. The van der Waals surface area contributed by atoms with E-state index in [4.69, 9.17) is 21.1 Å². The van der Waals surface area contributed by atoms with Crippen molar-refractivity contribution in [3.63, 3.8) is 0 Å². The molecular formula is C23H27ClN2O4. The van der Waals surface area contributed by atoms with Crippen LogP contribution in [0.3, 0.4) is 0 Å². The minimum Gasteiger partial charge on any atom is -0.493 e. The third-order valence-corrected chi connectivity index (χ3v) is 4.23. The third-order valence-electron chi connectivity index (χ3n) is 3.95. The Balaban J connectivity index is 2.00. The predicted molar refractivity (Wildman–Crippen MR) is 120 cm³/mol. The van der Waals surface area contributed by atoms with Crippen LogP contribution in [-0.4, -0.2) is 25.5 Å². The van der Waals surface area contributed by atoms with E-state index in [0.717, 1.165) is 11.1 Å². The molecular weight excluding hydrogens is 404 g/mol. The first-order valence-corrected chi connectivity index (χ1v) is 9.99. The first kappa shape index (κ1) is 23.3. The van der Waals surface area contributed by atoms with Gasteiger partial charge in [0, 0.05) is 25.2 Å². The maximum absolute atomic E-state index is 12.2. The summed E-state index contributed by atoms with van der Waals surface area (Å²) in [6.45, 7) is 6.40. The van der Waals surface area contributed by atoms with Crippen LogP contribution in [0, 0.1) is 5.92 Å². The number of ether oxygens (including phenoxy) is 2. The van der Waals surface area contributed by atoms with E-state index < -0.39 is 0 Å². The lowest BCUT2D eigenvalue weighted by Gasteiger charge is -2.14. The van der Waals surface area contributed by atoms with Gasteiger partial charge in [0.15, 0.2) is 11.5 Å². The van der Waals surface area contributed by atoms with Crippen molar-refractivity contribution >= 4 is 35.2 Å². The minimum atomic E-state index is -0.254. The maximum Gasteiger partial charge on any atom is 0.244 e. The Morgan fingerprint density at radius 1 is 1.20 bits per heavy atom. The number of anilines is 1. The molecule has 2 aromatic rings. The fourth-order valence-electron chi connectivity index (χ4n) is 2.61.